The molecule has 1 aromatic heterocycles. The molecule has 1 fully saturated rings. The lowest BCUT2D eigenvalue weighted by atomic mass is 10.1. The number of carbonyl (C=O) groups excluding carboxylic acids is 1. The van der Waals surface area contributed by atoms with Gasteiger partial charge in [0.25, 0.3) is 0 Å². The van der Waals surface area contributed by atoms with Crippen molar-refractivity contribution in [2.75, 3.05) is 6.54 Å². The summed E-state index contributed by atoms with van der Waals surface area (Å²) >= 11 is 0. The van der Waals surface area contributed by atoms with Gasteiger partial charge in [0, 0.05) is 24.9 Å². The van der Waals surface area contributed by atoms with Crippen molar-refractivity contribution in [3.63, 3.8) is 0 Å². The quantitative estimate of drug-likeness (QED) is 0.660. The molecule has 0 aromatic carbocycles. The van der Waals surface area contributed by atoms with Crippen molar-refractivity contribution in [1.29, 1.82) is 0 Å². The lowest BCUT2D eigenvalue weighted by Gasteiger charge is -2.09. The normalized spacial score (nSPS) is 20.4. The predicted octanol–water partition coefficient (Wildman–Crippen LogP) is 0.168. The largest absolute Gasteiger partial charge is 0.349 e. The number of nitrogens with zero attached hydrogens (tertiary/aromatic N) is 1. The second kappa shape index (κ2) is 4.93. The molecule has 0 radical (unpaired) electrons. The molecule has 82 valence electrons. The number of hydrogen-bond donors (Lipinski definition) is 3. The van der Waals surface area contributed by atoms with Gasteiger partial charge in [-0.1, -0.05) is 0 Å². The van der Waals surface area contributed by atoms with Crippen LogP contribution in [0.1, 0.15) is 25.1 Å². The van der Waals surface area contributed by atoms with Crippen LogP contribution < -0.4 is 10.6 Å². The maximum absolute atomic E-state index is 11.5. The highest BCUT2D eigenvalue weighted by molar-refractivity contribution is 5.76. The molecule has 0 aliphatic carbocycles. The van der Waals surface area contributed by atoms with Crippen molar-refractivity contribution in [2.24, 2.45) is 0 Å². The topological polar surface area (TPSA) is 69.8 Å². The van der Waals surface area contributed by atoms with Gasteiger partial charge in [-0.05, 0) is 19.4 Å². The number of H-pyrrole nitrogens is 1. The van der Waals surface area contributed by atoms with Gasteiger partial charge in [-0.3, -0.25) is 4.79 Å². The van der Waals surface area contributed by atoms with E-state index in [0.29, 0.717) is 19.0 Å². The molecule has 1 aromatic rings. The van der Waals surface area contributed by atoms with E-state index in [0.717, 1.165) is 18.8 Å². The Balaban J connectivity index is 1.68. The van der Waals surface area contributed by atoms with Gasteiger partial charge in [-0.2, -0.15) is 0 Å². The summed E-state index contributed by atoms with van der Waals surface area (Å²) in [5.41, 5.74) is 0. The average molecular weight is 208 g/mol. The van der Waals surface area contributed by atoms with Gasteiger partial charge in [0.1, 0.15) is 5.82 Å². The van der Waals surface area contributed by atoms with Crippen LogP contribution in [0, 0.1) is 0 Å². The molecule has 1 aliphatic rings. The molecule has 1 saturated heterocycles. The number of imidazole rings is 1. The van der Waals surface area contributed by atoms with Crippen LogP contribution in [0.2, 0.25) is 0 Å². The van der Waals surface area contributed by atoms with Crippen LogP contribution in [-0.2, 0) is 11.3 Å². The van der Waals surface area contributed by atoms with Crippen LogP contribution in [0.5, 0.6) is 0 Å². The molecule has 15 heavy (non-hydrogen) atoms. The lowest BCUT2D eigenvalue weighted by molar-refractivity contribution is -0.121. The summed E-state index contributed by atoms with van der Waals surface area (Å²) in [6.45, 7) is 1.52. The van der Waals surface area contributed by atoms with E-state index in [2.05, 4.69) is 20.6 Å². The van der Waals surface area contributed by atoms with Gasteiger partial charge >= 0.3 is 0 Å². The number of carbonyl (C=O) groups is 1. The van der Waals surface area contributed by atoms with Gasteiger partial charge in [0.15, 0.2) is 0 Å². The molecule has 1 aliphatic heterocycles. The summed E-state index contributed by atoms with van der Waals surface area (Å²) in [5, 5.41) is 6.14. The minimum atomic E-state index is 0.0887. The molecular formula is C10H16N4O. The second-order valence-corrected chi connectivity index (χ2v) is 3.81. The van der Waals surface area contributed by atoms with Crippen LogP contribution in [0.4, 0.5) is 0 Å². The maximum Gasteiger partial charge on any atom is 0.221 e. The molecule has 0 bridgehead atoms. The number of aromatic nitrogens is 2. The molecule has 1 unspecified atom stereocenters. The molecule has 3 N–H and O–H groups in total. The Kier molecular flexibility index (Phi) is 3.34. The number of amides is 1. The molecule has 5 heteroatoms. The zero-order valence-electron chi connectivity index (χ0n) is 8.62. The summed E-state index contributed by atoms with van der Waals surface area (Å²) in [6.07, 6.45) is 6.28. The van der Waals surface area contributed by atoms with E-state index < -0.39 is 0 Å². The van der Waals surface area contributed by atoms with Crippen LogP contribution in [-0.4, -0.2) is 28.5 Å². The molecule has 5 nitrogen and oxygen atoms in total. The monoisotopic (exact) mass is 208 g/mol. The summed E-state index contributed by atoms with van der Waals surface area (Å²) in [4.78, 5) is 18.5. The third-order valence-electron chi connectivity index (χ3n) is 2.60. The third-order valence-corrected chi connectivity index (χ3v) is 2.60. The van der Waals surface area contributed by atoms with Gasteiger partial charge in [-0.15, -0.1) is 0 Å². The molecule has 1 amide bonds. The molecule has 0 saturated carbocycles. The van der Waals surface area contributed by atoms with Crippen LogP contribution >= 0.6 is 0 Å². The van der Waals surface area contributed by atoms with Crippen molar-refractivity contribution in [3.8, 4) is 0 Å². The van der Waals surface area contributed by atoms with Crippen molar-refractivity contribution >= 4 is 5.91 Å². The summed E-state index contributed by atoms with van der Waals surface area (Å²) in [5.74, 6) is 0.883. The van der Waals surface area contributed by atoms with Gasteiger partial charge in [0.2, 0.25) is 5.91 Å². The van der Waals surface area contributed by atoms with Gasteiger partial charge in [0.05, 0.1) is 6.54 Å². The zero-order chi connectivity index (χ0) is 10.5. The number of aromatic amines is 1. The standard InChI is InChI=1S/C10H16N4O/c15-10(6-8-2-1-3-11-8)14-7-9-12-4-5-13-9/h4-5,8,11H,1-3,6-7H2,(H,12,13)(H,14,15). The van der Waals surface area contributed by atoms with Crippen LogP contribution in [0.15, 0.2) is 12.4 Å². The van der Waals surface area contributed by atoms with E-state index in [4.69, 9.17) is 0 Å². The van der Waals surface area contributed by atoms with E-state index in [1.54, 1.807) is 12.4 Å². The molecule has 2 rings (SSSR count). The first-order chi connectivity index (χ1) is 7.34. The Bertz CT molecular complexity index is 303. The van der Waals surface area contributed by atoms with Crippen molar-refractivity contribution in [3.05, 3.63) is 18.2 Å². The highest BCUT2D eigenvalue weighted by atomic mass is 16.1. The Hall–Kier alpha value is -1.36. The van der Waals surface area contributed by atoms with Gasteiger partial charge < -0.3 is 15.6 Å². The minimum absolute atomic E-state index is 0.0887. The SMILES string of the molecule is O=C(CC1CCCN1)NCc1ncc[nH]1. The predicted molar refractivity (Wildman–Crippen MR) is 56.1 cm³/mol. The number of hydrogen-bond acceptors (Lipinski definition) is 3. The van der Waals surface area contributed by atoms with E-state index in [-0.39, 0.29) is 5.91 Å². The smallest absolute Gasteiger partial charge is 0.221 e. The van der Waals surface area contributed by atoms with E-state index in [1.807, 2.05) is 0 Å². The number of nitrogens with one attached hydrogen (secondary N) is 3. The Morgan fingerprint density at radius 1 is 1.67 bits per heavy atom. The molecule has 1 atom stereocenters. The van der Waals surface area contributed by atoms with Crippen molar-refractivity contribution in [1.82, 2.24) is 20.6 Å². The fraction of sp³-hybridized carbons (Fsp3) is 0.600. The second-order valence-electron chi connectivity index (χ2n) is 3.81. The van der Waals surface area contributed by atoms with E-state index >= 15 is 0 Å². The minimum Gasteiger partial charge on any atom is -0.349 e. The van der Waals surface area contributed by atoms with E-state index in [1.165, 1.54) is 6.42 Å². The lowest BCUT2D eigenvalue weighted by Crippen LogP contribution is -2.31. The number of rotatable bonds is 4. The fourth-order valence-corrected chi connectivity index (χ4v) is 1.80. The average Bonchev–Trinajstić information content (AvgIpc) is 2.86. The first-order valence-corrected chi connectivity index (χ1v) is 5.33. The van der Waals surface area contributed by atoms with Gasteiger partial charge in [-0.25, -0.2) is 4.98 Å². The van der Waals surface area contributed by atoms with Crippen LogP contribution in [0.3, 0.4) is 0 Å². The molecule has 0 spiro atoms. The summed E-state index contributed by atoms with van der Waals surface area (Å²) < 4.78 is 0. The first-order valence-electron chi connectivity index (χ1n) is 5.33. The summed E-state index contributed by atoms with van der Waals surface area (Å²) in [7, 11) is 0. The Morgan fingerprint density at radius 3 is 3.27 bits per heavy atom. The Morgan fingerprint density at radius 2 is 2.60 bits per heavy atom. The van der Waals surface area contributed by atoms with Crippen LogP contribution in [0.25, 0.3) is 0 Å². The van der Waals surface area contributed by atoms with Crippen molar-refractivity contribution < 1.29 is 4.79 Å². The summed E-state index contributed by atoms with van der Waals surface area (Å²) in [6, 6.07) is 0.363. The fourth-order valence-electron chi connectivity index (χ4n) is 1.80. The molecule has 2 heterocycles. The third kappa shape index (κ3) is 3.06. The zero-order valence-corrected chi connectivity index (χ0v) is 8.62. The van der Waals surface area contributed by atoms with Crippen molar-refractivity contribution in [2.45, 2.75) is 31.8 Å². The molecular weight excluding hydrogens is 192 g/mol. The highest BCUT2D eigenvalue weighted by Crippen LogP contribution is 2.08. The maximum atomic E-state index is 11.5. The highest BCUT2D eigenvalue weighted by Gasteiger charge is 2.17. The first kappa shape index (κ1) is 10.2. The van der Waals surface area contributed by atoms with E-state index in [9.17, 15) is 4.79 Å². The Labute approximate surface area is 88.7 Å².